The van der Waals surface area contributed by atoms with E-state index in [9.17, 15) is 4.79 Å². The summed E-state index contributed by atoms with van der Waals surface area (Å²) < 4.78 is 0.686. The summed E-state index contributed by atoms with van der Waals surface area (Å²) >= 11 is 1.42. The van der Waals surface area contributed by atoms with Gasteiger partial charge in [0.2, 0.25) is 0 Å². The van der Waals surface area contributed by atoms with Crippen LogP contribution in [0.15, 0.2) is 40.5 Å². The quantitative estimate of drug-likeness (QED) is 0.778. The fourth-order valence-electron chi connectivity index (χ4n) is 2.44. The van der Waals surface area contributed by atoms with Crippen LogP contribution in [0.2, 0.25) is 0 Å². The number of thiophene rings is 1. The number of aromatic nitrogens is 2. The van der Waals surface area contributed by atoms with E-state index in [0.29, 0.717) is 17.1 Å². The van der Waals surface area contributed by atoms with Crippen LogP contribution in [0.3, 0.4) is 0 Å². The number of rotatable bonds is 4. The van der Waals surface area contributed by atoms with Crippen LogP contribution in [-0.4, -0.2) is 9.97 Å². The highest BCUT2D eigenvalue weighted by molar-refractivity contribution is 7.17. The van der Waals surface area contributed by atoms with Crippen molar-refractivity contribution in [2.75, 3.05) is 0 Å². The predicted molar refractivity (Wildman–Crippen MR) is 86.7 cm³/mol. The number of fused-ring (bicyclic) bond motifs is 1. The number of aromatic amines is 1. The van der Waals surface area contributed by atoms with Crippen LogP contribution in [-0.2, 0) is 6.54 Å². The molecule has 2 aromatic heterocycles. The summed E-state index contributed by atoms with van der Waals surface area (Å²) in [5, 5.41) is 5.30. The van der Waals surface area contributed by atoms with Gasteiger partial charge in [0, 0.05) is 6.04 Å². The Hall–Kier alpha value is -1.98. The minimum atomic E-state index is -0.0599. The lowest BCUT2D eigenvalue weighted by molar-refractivity contribution is 0.557. The molecule has 1 atom stereocenters. The third kappa shape index (κ3) is 2.89. The summed E-state index contributed by atoms with van der Waals surface area (Å²) in [7, 11) is 0. The maximum Gasteiger partial charge on any atom is 0.268 e. The first-order valence-electron chi connectivity index (χ1n) is 6.90. The van der Waals surface area contributed by atoms with Crippen LogP contribution in [0.1, 0.15) is 29.9 Å². The van der Waals surface area contributed by atoms with Gasteiger partial charge in [-0.2, -0.15) is 0 Å². The molecular weight excluding hydrogens is 282 g/mol. The third-order valence-corrected chi connectivity index (χ3v) is 4.50. The van der Waals surface area contributed by atoms with Crippen LogP contribution < -0.4 is 10.9 Å². The number of benzene rings is 1. The van der Waals surface area contributed by atoms with Gasteiger partial charge in [0.1, 0.15) is 10.5 Å². The number of hydrogen-bond acceptors (Lipinski definition) is 4. The standard InChI is InChI=1S/C16H17N3OS/c1-10-5-3-4-6-12(10)11(2)17-9-14-18-13-7-8-21-15(13)16(20)19-14/h3-8,11,17H,9H2,1-2H3,(H,18,19,20)/t11-/m1/s1. The van der Waals surface area contributed by atoms with Crippen molar-refractivity contribution in [2.24, 2.45) is 0 Å². The summed E-state index contributed by atoms with van der Waals surface area (Å²) in [4.78, 5) is 19.2. The highest BCUT2D eigenvalue weighted by Crippen LogP contribution is 2.17. The largest absolute Gasteiger partial charge is 0.308 e. The SMILES string of the molecule is Cc1ccccc1[C@@H](C)NCc1nc2ccsc2c(=O)[nH]1. The zero-order valence-corrected chi connectivity index (χ0v) is 12.8. The van der Waals surface area contributed by atoms with Gasteiger partial charge in [-0.3, -0.25) is 4.79 Å². The highest BCUT2D eigenvalue weighted by atomic mass is 32.1. The van der Waals surface area contributed by atoms with E-state index in [0.717, 1.165) is 5.52 Å². The van der Waals surface area contributed by atoms with Gasteiger partial charge in [0.05, 0.1) is 12.1 Å². The molecule has 21 heavy (non-hydrogen) atoms. The molecule has 0 saturated heterocycles. The van der Waals surface area contributed by atoms with Crippen molar-refractivity contribution >= 4 is 21.6 Å². The minimum absolute atomic E-state index is 0.0599. The van der Waals surface area contributed by atoms with E-state index >= 15 is 0 Å². The van der Waals surface area contributed by atoms with Gasteiger partial charge in [0.25, 0.3) is 5.56 Å². The molecule has 0 unspecified atom stereocenters. The lowest BCUT2D eigenvalue weighted by atomic mass is 10.0. The molecule has 0 fully saturated rings. The molecule has 4 nitrogen and oxygen atoms in total. The van der Waals surface area contributed by atoms with E-state index < -0.39 is 0 Å². The van der Waals surface area contributed by atoms with E-state index in [4.69, 9.17) is 0 Å². The van der Waals surface area contributed by atoms with Crippen molar-refractivity contribution in [1.82, 2.24) is 15.3 Å². The van der Waals surface area contributed by atoms with Gasteiger partial charge in [-0.1, -0.05) is 24.3 Å². The molecule has 0 aliphatic heterocycles. The summed E-state index contributed by atoms with van der Waals surface area (Å²) in [6.07, 6.45) is 0. The molecule has 0 bridgehead atoms. The van der Waals surface area contributed by atoms with Gasteiger partial charge in [0.15, 0.2) is 0 Å². The fraction of sp³-hybridized carbons (Fsp3) is 0.250. The second-order valence-corrected chi connectivity index (χ2v) is 6.02. The Kier molecular flexibility index (Phi) is 3.86. The van der Waals surface area contributed by atoms with Gasteiger partial charge in [-0.05, 0) is 36.4 Å². The van der Waals surface area contributed by atoms with Crippen LogP contribution >= 0.6 is 11.3 Å². The Morgan fingerprint density at radius 3 is 2.95 bits per heavy atom. The molecule has 1 aromatic carbocycles. The smallest absolute Gasteiger partial charge is 0.268 e. The van der Waals surface area contributed by atoms with Gasteiger partial charge < -0.3 is 10.3 Å². The summed E-state index contributed by atoms with van der Waals surface area (Å²) in [5.41, 5.74) is 3.23. The van der Waals surface area contributed by atoms with Gasteiger partial charge in [-0.25, -0.2) is 4.98 Å². The Bertz CT molecular complexity index is 822. The molecule has 108 valence electrons. The van der Waals surface area contributed by atoms with E-state index in [1.54, 1.807) is 0 Å². The maximum absolute atomic E-state index is 11.9. The van der Waals surface area contributed by atoms with Crippen molar-refractivity contribution in [3.8, 4) is 0 Å². The monoisotopic (exact) mass is 299 g/mol. The summed E-state index contributed by atoms with van der Waals surface area (Å²) in [6, 6.07) is 10.4. The lowest BCUT2D eigenvalue weighted by Gasteiger charge is -2.16. The second-order valence-electron chi connectivity index (χ2n) is 5.11. The minimum Gasteiger partial charge on any atom is -0.308 e. The Labute approximate surface area is 126 Å². The molecule has 0 saturated carbocycles. The number of nitrogens with zero attached hydrogens (tertiary/aromatic N) is 1. The second kappa shape index (κ2) is 5.79. The summed E-state index contributed by atoms with van der Waals surface area (Å²) in [6.45, 7) is 4.76. The summed E-state index contributed by atoms with van der Waals surface area (Å²) in [5.74, 6) is 0.673. The molecule has 0 aliphatic carbocycles. The molecule has 5 heteroatoms. The lowest BCUT2D eigenvalue weighted by Crippen LogP contribution is -2.22. The number of H-pyrrole nitrogens is 1. The van der Waals surface area contributed by atoms with Crippen molar-refractivity contribution in [2.45, 2.75) is 26.4 Å². The van der Waals surface area contributed by atoms with Crippen LogP contribution in [0, 0.1) is 6.92 Å². The first kappa shape index (κ1) is 14.0. The number of hydrogen-bond donors (Lipinski definition) is 2. The Balaban J connectivity index is 1.77. The molecular formula is C16H17N3OS. The zero-order valence-electron chi connectivity index (χ0n) is 12.0. The molecule has 0 aliphatic rings. The van der Waals surface area contributed by atoms with Crippen LogP contribution in [0.25, 0.3) is 10.2 Å². The highest BCUT2D eigenvalue weighted by Gasteiger charge is 2.09. The van der Waals surface area contributed by atoms with E-state index in [2.05, 4.69) is 41.3 Å². The zero-order chi connectivity index (χ0) is 14.8. The average molecular weight is 299 g/mol. The fourth-order valence-corrected chi connectivity index (χ4v) is 3.16. The van der Waals surface area contributed by atoms with E-state index in [-0.39, 0.29) is 11.6 Å². The topological polar surface area (TPSA) is 57.8 Å². The molecule has 3 rings (SSSR count). The first-order chi connectivity index (χ1) is 10.1. The molecule has 3 aromatic rings. The van der Waals surface area contributed by atoms with Gasteiger partial charge in [-0.15, -0.1) is 11.3 Å². The van der Waals surface area contributed by atoms with Gasteiger partial charge >= 0.3 is 0 Å². The van der Waals surface area contributed by atoms with Crippen molar-refractivity contribution in [3.05, 3.63) is 63.0 Å². The predicted octanol–water partition coefficient (Wildman–Crippen LogP) is 3.14. The van der Waals surface area contributed by atoms with Crippen molar-refractivity contribution in [3.63, 3.8) is 0 Å². The normalized spacial score (nSPS) is 12.7. The Morgan fingerprint density at radius 1 is 1.33 bits per heavy atom. The number of aryl methyl sites for hydroxylation is 1. The Morgan fingerprint density at radius 2 is 2.14 bits per heavy atom. The molecule has 0 radical (unpaired) electrons. The maximum atomic E-state index is 11.9. The molecule has 2 heterocycles. The van der Waals surface area contributed by atoms with Crippen LogP contribution in [0.4, 0.5) is 0 Å². The number of nitrogens with one attached hydrogen (secondary N) is 2. The third-order valence-electron chi connectivity index (χ3n) is 3.59. The van der Waals surface area contributed by atoms with Crippen molar-refractivity contribution in [1.29, 1.82) is 0 Å². The average Bonchev–Trinajstić information content (AvgIpc) is 2.94. The molecule has 2 N–H and O–H groups in total. The van der Waals surface area contributed by atoms with E-state index in [1.807, 2.05) is 23.6 Å². The first-order valence-corrected chi connectivity index (χ1v) is 7.78. The van der Waals surface area contributed by atoms with Crippen LogP contribution in [0.5, 0.6) is 0 Å². The molecule has 0 spiro atoms. The van der Waals surface area contributed by atoms with E-state index in [1.165, 1.54) is 22.5 Å². The van der Waals surface area contributed by atoms with Crippen molar-refractivity contribution < 1.29 is 0 Å². The molecule has 0 amide bonds.